The van der Waals surface area contributed by atoms with Gasteiger partial charge in [-0.3, -0.25) is 4.79 Å². The first-order valence-corrected chi connectivity index (χ1v) is 6.18. The fraction of sp³-hybridized carbons (Fsp3) is 0.417. The van der Waals surface area contributed by atoms with Gasteiger partial charge < -0.3 is 0 Å². The van der Waals surface area contributed by atoms with E-state index in [0.717, 1.165) is 11.3 Å². The molecule has 1 aromatic rings. The largest absolute Gasteiger partial charge is 0.293 e. The van der Waals surface area contributed by atoms with Crippen molar-refractivity contribution in [2.24, 2.45) is 10.9 Å². The Balaban J connectivity index is 2.68. The fourth-order valence-electron chi connectivity index (χ4n) is 2.01. The van der Waals surface area contributed by atoms with Crippen LogP contribution in [-0.4, -0.2) is 21.3 Å². The van der Waals surface area contributed by atoms with Crippen molar-refractivity contribution in [2.45, 2.75) is 25.6 Å². The molecule has 3 nitrogen and oxygen atoms in total. The molecule has 0 saturated heterocycles. The zero-order chi connectivity index (χ0) is 12.7. The van der Waals surface area contributed by atoms with Gasteiger partial charge in [0.2, 0.25) is 0 Å². The molecule has 1 aliphatic heterocycles. The molecule has 0 aromatic carbocycles. The molecule has 0 fully saturated rings. The maximum atomic E-state index is 12.2. The van der Waals surface area contributed by atoms with Crippen molar-refractivity contribution < 1.29 is 4.79 Å². The number of ketones is 1. The molecule has 2 rings (SSSR count). The number of hydrogen-bond acceptors (Lipinski definition) is 3. The molecule has 0 N–H and O–H groups in total. The third-order valence-electron chi connectivity index (χ3n) is 2.87. The molecule has 0 saturated carbocycles. The number of carbonyl (C=O) groups is 1. The molecule has 0 spiro atoms. The number of fused-ring (bicyclic) bond motifs is 1. The highest BCUT2D eigenvalue weighted by atomic mass is 35.5. The molecule has 17 heavy (non-hydrogen) atoms. The second kappa shape index (κ2) is 4.39. The van der Waals surface area contributed by atoms with Crippen molar-refractivity contribution >= 4 is 40.5 Å². The third-order valence-corrected chi connectivity index (χ3v) is 3.31. The summed E-state index contributed by atoms with van der Waals surface area (Å²) in [4.78, 5) is 20.0. The molecular weight excluding hydrogens is 259 g/mol. The molecule has 2 heterocycles. The van der Waals surface area contributed by atoms with E-state index in [9.17, 15) is 4.79 Å². The SMILES string of the molecule is Cc1cc(C)c2c(n1)N=C(C(Cl)Cl)C(C)C2=O. The van der Waals surface area contributed by atoms with E-state index in [2.05, 4.69) is 9.98 Å². The van der Waals surface area contributed by atoms with Crippen LogP contribution in [0.5, 0.6) is 0 Å². The number of aliphatic imine (C=N–C) groups is 1. The average molecular weight is 271 g/mol. The van der Waals surface area contributed by atoms with Crippen molar-refractivity contribution in [1.82, 2.24) is 4.98 Å². The fourth-order valence-corrected chi connectivity index (χ4v) is 2.49. The van der Waals surface area contributed by atoms with E-state index in [0.29, 0.717) is 17.1 Å². The lowest BCUT2D eigenvalue weighted by Gasteiger charge is -2.22. The van der Waals surface area contributed by atoms with Crippen LogP contribution in [0.3, 0.4) is 0 Å². The van der Waals surface area contributed by atoms with Crippen molar-refractivity contribution in [3.63, 3.8) is 0 Å². The monoisotopic (exact) mass is 270 g/mol. The third kappa shape index (κ3) is 2.09. The topological polar surface area (TPSA) is 42.3 Å². The normalized spacial score (nSPS) is 19.3. The van der Waals surface area contributed by atoms with Crippen LogP contribution < -0.4 is 0 Å². The molecule has 0 amide bonds. The van der Waals surface area contributed by atoms with Crippen LogP contribution in [0.2, 0.25) is 0 Å². The molecule has 1 atom stereocenters. The summed E-state index contributed by atoms with van der Waals surface area (Å²) < 4.78 is 0. The Hall–Kier alpha value is -0.930. The minimum Gasteiger partial charge on any atom is -0.293 e. The Kier molecular flexibility index (Phi) is 3.23. The number of halogens is 2. The van der Waals surface area contributed by atoms with Crippen molar-refractivity contribution in [3.05, 3.63) is 22.9 Å². The van der Waals surface area contributed by atoms with E-state index in [1.54, 1.807) is 6.92 Å². The van der Waals surface area contributed by atoms with E-state index in [1.165, 1.54) is 0 Å². The lowest BCUT2D eigenvalue weighted by molar-refractivity contribution is 0.0959. The van der Waals surface area contributed by atoms with E-state index >= 15 is 0 Å². The number of aryl methyl sites for hydroxylation is 2. The molecular formula is C12H12Cl2N2O. The summed E-state index contributed by atoms with van der Waals surface area (Å²) >= 11 is 11.6. The second-order valence-corrected chi connectivity index (χ2v) is 5.30. The molecule has 0 aliphatic carbocycles. The average Bonchev–Trinajstić information content (AvgIpc) is 2.21. The number of rotatable bonds is 1. The Morgan fingerprint density at radius 2 is 2.00 bits per heavy atom. The Labute approximate surface area is 110 Å². The van der Waals surface area contributed by atoms with Gasteiger partial charge in [0, 0.05) is 5.69 Å². The maximum Gasteiger partial charge on any atom is 0.175 e. The number of aromatic nitrogens is 1. The first-order valence-electron chi connectivity index (χ1n) is 5.31. The number of Topliss-reactive ketones (excluding diaryl/α,β-unsaturated/α-hetero) is 1. The van der Waals surface area contributed by atoms with Crippen LogP contribution in [0.4, 0.5) is 5.82 Å². The summed E-state index contributed by atoms with van der Waals surface area (Å²) in [5, 5.41) is 0. The standard InChI is InChI=1S/C12H12Cl2N2O/c1-5-4-6(2)15-12-8(5)10(17)7(3)9(16-12)11(13)14/h4,7,11H,1-3H3. The van der Waals surface area contributed by atoms with Gasteiger partial charge in [-0.05, 0) is 32.4 Å². The number of alkyl halides is 2. The lowest BCUT2D eigenvalue weighted by atomic mass is 9.90. The molecule has 0 radical (unpaired) electrons. The van der Waals surface area contributed by atoms with Crippen LogP contribution in [0, 0.1) is 19.8 Å². The van der Waals surface area contributed by atoms with Crippen molar-refractivity contribution in [3.8, 4) is 0 Å². The summed E-state index contributed by atoms with van der Waals surface area (Å²) in [6.45, 7) is 5.52. The molecule has 1 unspecified atom stereocenters. The van der Waals surface area contributed by atoms with Gasteiger partial charge in [0.15, 0.2) is 11.6 Å². The predicted octanol–water partition coefficient (Wildman–Crippen LogP) is 3.41. The van der Waals surface area contributed by atoms with E-state index in [4.69, 9.17) is 23.2 Å². The van der Waals surface area contributed by atoms with Crippen LogP contribution in [0.25, 0.3) is 0 Å². The van der Waals surface area contributed by atoms with Gasteiger partial charge >= 0.3 is 0 Å². The Morgan fingerprint density at radius 3 is 2.59 bits per heavy atom. The van der Waals surface area contributed by atoms with Crippen LogP contribution in [0.1, 0.15) is 28.5 Å². The first kappa shape index (κ1) is 12.5. The van der Waals surface area contributed by atoms with Gasteiger partial charge in [0.05, 0.1) is 17.2 Å². The number of carbonyl (C=O) groups excluding carboxylic acids is 1. The number of pyridine rings is 1. The minimum absolute atomic E-state index is 0.0127. The first-order chi connectivity index (χ1) is 7.91. The van der Waals surface area contributed by atoms with E-state index in [-0.39, 0.29) is 11.7 Å². The molecule has 90 valence electrons. The van der Waals surface area contributed by atoms with E-state index in [1.807, 2.05) is 19.9 Å². The highest BCUT2D eigenvalue weighted by Crippen LogP contribution is 2.32. The van der Waals surface area contributed by atoms with Gasteiger partial charge in [0.25, 0.3) is 0 Å². The molecule has 5 heteroatoms. The highest BCUT2D eigenvalue weighted by Gasteiger charge is 2.32. The smallest absolute Gasteiger partial charge is 0.175 e. The minimum atomic E-state index is -0.773. The van der Waals surface area contributed by atoms with Crippen molar-refractivity contribution in [2.75, 3.05) is 0 Å². The van der Waals surface area contributed by atoms with Crippen molar-refractivity contribution in [1.29, 1.82) is 0 Å². The zero-order valence-electron chi connectivity index (χ0n) is 9.79. The quantitative estimate of drug-likeness (QED) is 0.734. The Morgan fingerprint density at radius 1 is 1.35 bits per heavy atom. The highest BCUT2D eigenvalue weighted by molar-refractivity contribution is 6.55. The molecule has 1 aliphatic rings. The predicted molar refractivity (Wildman–Crippen MR) is 69.8 cm³/mol. The van der Waals surface area contributed by atoms with Crippen LogP contribution >= 0.6 is 23.2 Å². The van der Waals surface area contributed by atoms with Gasteiger partial charge in [-0.15, -0.1) is 0 Å². The summed E-state index contributed by atoms with van der Waals surface area (Å²) in [6.07, 6.45) is 0. The summed E-state index contributed by atoms with van der Waals surface area (Å²) in [5.41, 5.74) is 2.78. The summed E-state index contributed by atoms with van der Waals surface area (Å²) in [5.74, 6) is 0.0407. The zero-order valence-corrected chi connectivity index (χ0v) is 11.3. The summed E-state index contributed by atoms with van der Waals surface area (Å²) in [7, 11) is 0. The maximum absolute atomic E-state index is 12.2. The van der Waals surface area contributed by atoms with Gasteiger partial charge in [-0.2, -0.15) is 0 Å². The lowest BCUT2D eigenvalue weighted by Crippen LogP contribution is -2.30. The summed E-state index contributed by atoms with van der Waals surface area (Å²) in [6, 6.07) is 1.88. The van der Waals surface area contributed by atoms with E-state index < -0.39 is 4.84 Å². The van der Waals surface area contributed by atoms with Gasteiger partial charge in [0.1, 0.15) is 4.84 Å². The molecule has 1 aromatic heterocycles. The van der Waals surface area contributed by atoms with Gasteiger partial charge in [-0.25, -0.2) is 9.98 Å². The molecule has 0 bridgehead atoms. The number of nitrogens with zero attached hydrogens (tertiary/aromatic N) is 2. The van der Waals surface area contributed by atoms with Crippen LogP contribution in [-0.2, 0) is 0 Å². The van der Waals surface area contributed by atoms with Gasteiger partial charge in [-0.1, -0.05) is 23.2 Å². The second-order valence-electron chi connectivity index (χ2n) is 4.20. The number of hydrogen-bond donors (Lipinski definition) is 0. The van der Waals surface area contributed by atoms with Crippen LogP contribution in [0.15, 0.2) is 11.1 Å². The Bertz CT molecular complexity index is 523.